The highest BCUT2D eigenvalue weighted by atomic mass is 16.5. The fourth-order valence-electron chi connectivity index (χ4n) is 2.65. The van der Waals surface area contributed by atoms with E-state index in [1.54, 1.807) is 30.2 Å². The highest BCUT2D eigenvalue weighted by Crippen LogP contribution is 2.29. The second-order valence-electron chi connectivity index (χ2n) is 5.82. The summed E-state index contributed by atoms with van der Waals surface area (Å²) in [6.07, 6.45) is 0.161. The molecule has 138 valence electrons. The lowest BCUT2D eigenvalue weighted by Crippen LogP contribution is -2.32. The fourth-order valence-corrected chi connectivity index (χ4v) is 2.65. The topological polar surface area (TPSA) is 67.9 Å². The predicted octanol–water partition coefficient (Wildman–Crippen LogP) is 3.39. The first-order valence-corrected chi connectivity index (χ1v) is 8.32. The van der Waals surface area contributed by atoms with E-state index in [0.717, 1.165) is 11.3 Å². The lowest BCUT2D eigenvalue weighted by atomic mass is 10.1. The Hall–Kier alpha value is -3.02. The van der Waals surface area contributed by atoms with Gasteiger partial charge in [-0.3, -0.25) is 9.59 Å². The maximum absolute atomic E-state index is 12.4. The van der Waals surface area contributed by atoms with Gasteiger partial charge in [-0.05, 0) is 30.7 Å². The lowest BCUT2D eigenvalue weighted by Gasteiger charge is -2.23. The molecular formula is C20H24N2O4. The number of rotatable bonds is 7. The van der Waals surface area contributed by atoms with Gasteiger partial charge < -0.3 is 19.7 Å². The van der Waals surface area contributed by atoms with Gasteiger partial charge in [-0.2, -0.15) is 0 Å². The number of amides is 2. The number of anilines is 2. The zero-order valence-electron chi connectivity index (χ0n) is 15.5. The van der Waals surface area contributed by atoms with E-state index >= 15 is 0 Å². The molecule has 2 aromatic carbocycles. The van der Waals surface area contributed by atoms with Gasteiger partial charge in [0.25, 0.3) is 0 Å². The molecule has 2 aromatic rings. The fraction of sp³-hybridized carbons (Fsp3) is 0.300. The molecule has 6 heteroatoms. The van der Waals surface area contributed by atoms with Crippen LogP contribution < -0.4 is 19.7 Å². The second-order valence-corrected chi connectivity index (χ2v) is 5.82. The number of carbonyl (C=O) groups excluding carboxylic acids is 2. The average Bonchev–Trinajstić information content (AvgIpc) is 2.63. The number of benzene rings is 2. The number of nitrogens with zero attached hydrogens (tertiary/aromatic N) is 1. The van der Waals surface area contributed by atoms with Gasteiger partial charge in [0.05, 0.1) is 19.9 Å². The maximum Gasteiger partial charge on any atom is 0.226 e. The molecule has 0 aromatic heterocycles. The summed E-state index contributed by atoms with van der Waals surface area (Å²) >= 11 is 0. The molecule has 0 heterocycles. The van der Waals surface area contributed by atoms with Crippen molar-refractivity contribution in [2.75, 3.05) is 31.0 Å². The van der Waals surface area contributed by atoms with Crippen molar-refractivity contribution in [1.82, 2.24) is 0 Å². The van der Waals surface area contributed by atoms with Gasteiger partial charge in [0.2, 0.25) is 11.8 Å². The van der Waals surface area contributed by atoms with Crippen LogP contribution in [-0.4, -0.2) is 32.6 Å². The second kappa shape index (κ2) is 8.89. The molecular weight excluding hydrogens is 332 g/mol. The predicted molar refractivity (Wildman–Crippen MR) is 102 cm³/mol. The van der Waals surface area contributed by atoms with Crippen molar-refractivity contribution in [1.29, 1.82) is 0 Å². The number of ether oxygens (including phenoxy) is 2. The largest absolute Gasteiger partial charge is 0.497 e. The molecule has 26 heavy (non-hydrogen) atoms. The number of hydrogen-bond acceptors (Lipinski definition) is 4. The first-order valence-electron chi connectivity index (χ1n) is 8.32. The van der Waals surface area contributed by atoms with Crippen LogP contribution in [0.2, 0.25) is 0 Å². The molecule has 0 aliphatic carbocycles. The van der Waals surface area contributed by atoms with Crippen LogP contribution in [0, 0.1) is 6.92 Å². The molecule has 0 aliphatic heterocycles. The van der Waals surface area contributed by atoms with Crippen molar-refractivity contribution in [3.05, 3.63) is 48.0 Å². The average molecular weight is 356 g/mol. The van der Waals surface area contributed by atoms with Gasteiger partial charge in [0.15, 0.2) is 0 Å². The Morgan fingerprint density at radius 1 is 1.08 bits per heavy atom. The van der Waals surface area contributed by atoms with Crippen LogP contribution in [0.5, 0.6) is 11.5 Å². The number of nitrogens with one attached hydrogen (secondary N) is 1. The lowest BCUT2D eigenvalue weighted by molar-refractivity contribution is -0.117. The zero-order valence-corrected chi connectivity index (χ0v) is 15.5. The van der Waals surface area contributed by atoms with Crippen LogP contribution in [-0.2, 0) is 9.59 Å². The smallest absolute Gasteiger partial charge is 0.226 e. The monoisotopic (exact) mass is 356 g/mol. The van der Waals surface area contributed by atoms with Gasteiger partial charge in [0, 0.05) is 31.6 Å². The Morgan fingerprint density at radius 3 is 2.42 bits per heavy atom. The number of hydrogen-bond donors (Lipinski definition) is 1. The van der Waals surface area contributed by atoms with Crippen LogP contribution in [0.1, 0.15) is 18.9 Å². The Balaban J connectivity index is 2.08. The Bertz CT molecular complexity index is 789. The van der Waals surface area contributed by atoms with E-state index < -0.39 is 0 Å². The minimum atomic E-state index is -0.212. The van der Waals surface area contributed by atoms with E-state index in [2.05, 4.69) is 5.32 Å². The third-order valence-electron chi connectivity index (χ3n) is 4.03. The molecule has 0 saturated carbocycles. The molecule has 1 N–H and O–H groups in total. The highest BCUT2D eigenvalue weighted by Gasteiger charge is 2.16. The van der Waals surface area contributed by atoms with Crippen LogP contribution in [0.25, 0.3) is 0 Å². The van der Waals surface area contributed by atoms with Crippen molar-refractivity contribution in [3.63, 3.8) is 0 Å². The van der Waals surface area contributed by atoms with Crippen LogP contribution in [0.4, 0.5) is 11.4 Å². The molecule has 0 atom stereocenters. The van der Waals surface area contributed by atoms with E-state index in [0.29, 0.717) is 17.2 Å². The molecule has 2 amide bonds. The summed E-state index contributed by atoms with van der Waals surface area (Å²) in [5.41, 5.74) is 2.33. The van der Waals surface area contributed by atoms with Crippen molar-refractivity contribution in [2.45, 2.75) is 20.3 Å². The number of carbonyl (C=O) groups is 2. The minimum Gasteiger partial charge on any atom is -0.497 e. The quantitative estimate of drug-likeness (QED) is 0.826. The summed E-state index contributed by atoms with van der Waals surface area (Å²) in [5.74, 6) is 0.843. The first-order chi connectivity index (χ1) is 12.5. The summed E-state index contributed by atoms with van der Waals surface area (Å²) in [5, 5.41) is 2.81. The summed E-state index contributed by atoms with van der Waals surface area (Å²) in [7, 11) is 3.09. The van der Waals surface area contributed by atoms with Gasteiger partial charge in [-0.15, -0.1) is 0 Å². The summed E-state index contributed by atoms with van der Waals surface area (Å²) < 4.78 is 10.4. The van der Waals surface area contributed by atoms with Gasteiger partial charge in [-0.1, -0.05) is 18.2 Å². The summed E-state index contributed by atoms with van der Waals surface area (Å²) in [6.45, 7) is 3.72. The molecule has 2 rings (SSSR count). The minimum absolute atomic E-state index is 0.105. The first kappa shape index (κ1) is 19.3. The van der Waals surface area contributed by atoms with Crippen molar-refractivity contribution >= 4 is 23.2 Å². The molecule has 0 bridgehead atoms. The number of para-hydroxylation sites is 1. The normalized spacial score (nSPS) is 10.2. The van der Waals surface area contributed by atoms with Gasteiger partial charge in [0.1, 0.15) is 11.5 Å². The Kier molecular flexibility index (Phi) is 6.60. The molecule has 6 nitrogen and oxygen atoms in total. The maximum atomic E-state index is 12.4. The molecule has 0 unspecified atom stereocenters. The standard InChI is InChI=1S/C20H24N2O4/c1-14-7-5-6-8-18(14)22(15(2)23)12-11-20(24)21-17-13-16(25-3)9-10-19(17)26-4/h5-10,13H,11-12H2,1-4H3,(H,21,24). The van der Waals surface area contributed by atoms with Crippen LogP contribution in [0.3, 0.4) is 0 Å². The Labute approximate surface area is 153 Å². The number of methoxy groups -OCH3 is 2. The van der Waals surface area contributed by atoms with Crippen molar-refractivity contribution in [2.24, 2.45) is 0 Å². The molecule has 0 radical (unpaired) electrons. The van der Waals surface area contributed by atoms with E-state index in [1.807, 2.05) is 31.2 Å². The molecule has 0 fully saturated rings. The SMILES string of the molecule is COc1ccc(OC)c(NC(=O)CCN(C(C)=O)c2ccccc2C)c1. The van der Waals surface area contributed by atoms with Crippen molar-refractivity contribution < 1.29 is 19.1 Å². The van der Waals surface area contributed by atoms with Crippen molar-refractivity contribution in [3.8, 4) is 11.5 Å². The summed E-state index contributed by atoms with van der Waals surface area (Å²) in [6, 6.07) is 12.8. The van der Waals surface area contributed by atoms with E-state index in [9.17, 15) is 9.59 Å². The molecule has 0 spiro atoms. The van der Waals surface area contributed by atoms with E-state index in [1.165, 1.54) is 14.0 Å². The molecule has 0 saturated heterocycles. The van der Waals surface area contributed by atoms with Gasteiger partial charge in [-0.25, -0.2) is 0 Å². The van der Waals surface area contributed by atoms with Crippen LogP contribution >= 0.6 is 0 Å². The van der Waals surface area contributed by atoms with E-state index in [4.69, 9.17) is 9.47 Å². The third kappa shape index (κ3) is 4.75. The van der Waals surface area contributed by atoms with Crippen LogP contribution in [0.15, 0.2) is 42.5 Å². The van der Waals surface area contributed by atoms with Gasteiger partial charge >= 0.3 is 0 Å². The molecule has 0 aliphatic rings. The van der Waals surface area contributed by atoms with E-state index in [-0.39, 0.29) is 24.8 Å². The third-order valence-corrected chi connectivity index (χ3v) is 4.03. The highest BCUT2D eigenvalue weighted by molar-refractivity contribution is 5.96. The zero-order chi connectivity index (χ0) is 19.1. The Morgan fingerprint density at radius 2 is 1.81 bits per heavy atom. The summed E-state index contributed by atoms with van der Waals surface area (Å²) in [4.78, 5) is 26.0. The number of aryl methyl sites for hydroxylation is 1.